The molecule has 3 rings (SSSR count). The lowest BCUT2D eigenvalue weighted by Gasteiger charge is -2.44. The minimum atomic E-state index is -0.663. The third kappa shape index (κ3) is 5.02. The molecule has 0 bridgehead atoms. The summed E-state index contributed by atoms with van der Waals surface area (Å²) in [5, 5.41) is 20.3. The van der Waals surface area contributed by atoms with Crippen molar-refractivity contribution >= 4 is 0 Å². The van der Waals surface area contributed by atoms with Gasteiger partial charge in [0.2, 0.25) is 0 Å². The second-order valence-corrected chi connectivity index (χ2v) is 11.2. The zero-order valence-corrected chi connectivity index (χ0v) is 20.0. The van der Waals surface area contributed by atoms with Gasteiger partial charge in [0.05, 0.1) is 11.7 Å². The van der Waals surface area contributed by atoms with Gasteiger partial charge >= 0.3 is 0 Å². The molecule has 0 radical (unpaired) electrons. The van der Waals surface area contributed by atoms with Gasteiger partial charge in [-0.25, -0.2) is 0 Å². The quantitative estimate of drug-likeness (QED) is 0.490. The van der Waals surface area contributed by atoms with E-state index in [-0.39, 0.29) is 12.0 Å². The lowest BCUT2D eigenvalue weighted by Crippen LogP contribution is -2.35. The van der Waals surface area contributed by atoms with Gasteiger partial charge in [-0.3, -0.25) is 0 Å². The van der Waals surface area contributed by atoms with Crippen LogP contribution in [0.25, 0.3) is 0 Å². The molecule has 3 aliphatic carbocycles. The Balaban J connectivity index is 1.75. The van der Waals surface area contributed by atoms with Gasteiger partial charge in [-0.1, -0.05) is 62.8 Å². The Labute approximate surface area is 184 Å². The highest BCUT2D eigenvalue weighted by Gasteiger charge is 2.50. The van der Waals surface area contributed by atoms with Crippen LogP contribution in [-0.2, 0) is 0 Å². The Kier molecular flexibility index (Phi) is 7.19. The fourth-order valence-corrected chi connectivity index (χ4v) is 6.25. The maximum absolute atomic E-state index is 10.3. The molecule has 3 fully saturated rings. The molecule has 2 nitrogen and oxygen atoms in total. The molecule has 3 aliphatic rings. The minimum absolute atomic E-state index is 0.164. The lowest BCUT2D eigenvalue weighted by atomic mass is 9.61. The molecule has 0 aliphatic heterocycles. The molecule has 0 heterocycles. The number of rotatable bonds is 5. The summed E-state index contributed by atoms with van der Waals surface area (Å²) in [4.78, 5) is 0. The predicted molar refractivity (Wildman–Crippen MR) is 127 cm³/mol. The normalized spacial score (nSPS) is 37.7. The van der Waals surface area contributed by atoms with Crippen molar-refractivity contribution in [1.82, 2.24) is 0 Å². The van der Waals surface area contributed by atoms with Crippen LogP contribution in [0.5, 0.6) is 0 Å². The van der Waals surface area contributed by atoms with E-state index in [2.05, 4.69) is 51.7 Å². The fourth-order valence-electron chi connectivity index (χ4n) is 6.25. The van der Waals surface area contributed by atoms with Crippen LogP contribution in [0.2, 0.25) is 0 Å². The largest absolute Gasteiger partial charge is 0.393 e. The van der Waals surface area contributed by atoms with Gasteiger partial charge in [0.1, 0.15) is 0 Å². The SMILES string of the molecule is C=C1CC[C@H](O)C/C1=C/C=C1\CCCC2(C)[C@@H]([C@H](C)/C=C/[C@H](C)C(C)(C)O)CC[C@@H]12. The second kappa shape index (κ2) is 9.17. The van der Waals surface area contributed by atoms with E-state index in [1.807, 2.05) is 13.8 Å². The molecule has 0 saturated heterocycles. The van der Waals surface area contributed by atoms with Crippen molar-refractivity contribution in [1.29, 1.82) is 0 Å². The van der Waals surface area contributed by atoms with Gasteiger partial charge < -0.3 is 10.2 Å². The average Bonchev–Trinajstić information content (AvgIpc) is 3.03. The molecule has 30 heavy (non-hydrogen) atoms. The zero-order chi connectivity index (χ0) is 22.1. The number of hydrogen-bond acceptors (Lipinski definition) is 2. The van der Waals surface area contributed by atoms with Gasteiger partial charge in [0.25, 0.3) is 0 Å². The van der Waals surface area contributed by atoms with Crippen LogP contribution in [0.3, 0.4) is 0 Å². The third-order valence-electron chi connectivity index (χ3n) is 8.68. The van der Waals surface area contributed by atoms with Crippen LogP contribution >= 0.6 is 0 Å². The number of hydrogen-bond donors (Lipinski definition) is 2. The molecule has 2 heteroatoms. The Morgan fingerprint density at radius 1 is 1.10 bits per heavy atom. The first-order chi connectivity index (χ1) is 14.0. The van der Waals surface area contributed by atoms with Crippen LogP contribution in [0.15, 0.2) is 47.6 Å². The molecule has 168 valence electrons. The van der Waals surface area contributed by atoms with Crippen molar-refractivity contribution in [3.05, 3.63) is 47.6 Å². The Morgan fingerprint density at radius 2 is 1.83 bits per heavy atom. The highest BCUT2D eigenvalue weighted by molar-refractivity contribution is 5.36. The maximum Gasteiger partial charge on any atom is 0.0651 e. The molecule has 0 aromatic heterocycles. The molecule has 6 atom stereocenters. The first kappa shape index (κ1) is 23.5. The van der Waals surface area contributed by atoms with Gasteiger partial charge in [0.15, 0.2) is 0 Å². The topological polar surface area (TPSA) is 40.5 Å². The van der Waals surface area contributed by atoms with Crippen molar-refractivity contribution in [2.75, 3.05) is 0 Å². The minimum Gasteiger partial charge on any atom is -0.393 e. The van der Waals surface area contributed by atoms with Crippen LogP contribution in [0, 0.1) is 29.1 Å². The average molecular weight is 413 g/mol. The summed E-state index contributed by atoms with van der Waals surface area (Å²) in [6, 6.07) is 0. The van der Waals surface area contributed by atoms with Crippen LogP contribution < -0.4 is 0 Å². The number of aliphatic hydroxyl groups is 2. The Bertz CT molecular complexity index is 719. The summed E-state index contributed by atoms with van der Waals surface area (Å²) in [5.74, 6) is 2.08. The van der Waals surface area contributed by atoms with E-state index in [9.17, 15) is 10.2 Å². The number of aliphatic hydroxyl groups excluding tert-OH is 1. The third-order valence-corrected chi connectivity index (χ3v) is 8.68. The molecule has 0 aromatic rings. The number of allylic oxidation sites excluding steroid dienone is 5. The molecule has 2 N–H and O–H groups in total. The maximum atomic E-state index is 10.3. The van der Waals surface area contributed by atoms with E-state index >= 15 is 0 Å². The summed E-state index contributed by atoms with van der Waals surface area (Å²) in [5.41, 5.74) is 3.78. The van der Waals surface area contributed by atoms with Crippen LogP contribution in [0.1, 0.15) is 86.0 Å². The Hall–Kier alpha value is -1.12. The first-order valence-electron chi connectivity index (χ1n) is 12.2. The van der Waals surface area contributed by atoms with E-state index in [1.165, 1.54) is 43.3 Å². The molecule has 3 saturated carbocycles. The summed E-state index contributed by atoms with van der Waals surface area (Å²) >= 11 is 0. The zero-order valence-electron chi connectivity index (χ0n) is 20.0. The van der Waals surface area contributed by atoms with E-state index < -0.39 is 5.60 Å². The molecular formula is C28H44O2. The summed E-state index contributed by atoms with van der Waals surface area (Å²) in [6.07, 6.45) is 18.0. The van der Waals surface area contributed by atoms with Crippen LogP contribution in [-0.4, -0.2) is 21.9 Å². The van der Waals surface area contributed by atoms with E-state index in [0.717, 1.165) is 19.3 Å². The number of fused-ring (bicyclic) bond motifs is 1. The highest BCUT2D eigenvalue weighted by Crippen LogP contribution is 2.59. The van der Waals surface area contributed by atoms with Crippen molar-refractivity contribution < 1.29 is 10.2 Å². The molecule has 1 unspecified atom stereocenters. The predicted octanol–water partition coefficient (Wildman–Crippen LogP) is 6.76. The molecular weight excluding hydrogens is 368 g/mol. The fraction of sp³-hybridized carbons (Fsp3) is 0.714. The van der Waals surface area contributed by atoms with E-state index in [4.69, 9.17) is 0 Å². The van der Waals surface area contributed by atoms with Gasteiger partial charge in [0, 0.05) is 5.92 Å². The summed E-state index contributed by atoms with van der Waals surface area (Å²) in [6.45, 7) is 15.0. The molecule has 0 spiro atoms. The van der Waals surface area contributed by atoms with E-state index in [0.29, 0.717) is 23.2 Å². The van der Waals surface area contributed by atoms with Gasteiger partial charge in [-0.05, 0) is 94.0 Å². The van der Waals surface area contributed by atoms with Crippen molar-refractivity contribution in [2.24, 2.45) is 29.1 Å². The standard InChI is InChI=1S/C28H44O2/c1-19-10-14-24(29)18-23(19)13-12-22-8-7-17-28(6)25(15-16-26(22)28)20(2)9-11-21(3)27(4,5)30/h9,11-13,20-21,24-26,29-30H,1,7-8,10,14-18H2,2-6H3/b11-9+,22-12+,23-13-/t20-,21+,24+,25-,26+,28?/m1/s1. The second-order valence-electron chi connectivity index (χ2n) is 11.2. The van der Waals surface area contributed by atoms with Crippen molar-refractivity contribution in [2.45, 2.75) is 97.7 Å². The smallest absolute Gasteiger partial charge is 0.0651 e. The van der Waals surface area contributed by atoms with E-state index in [1.54, 1.807) is 5.57 Å². The highest BCUT2D eigenvalue weighted by atomic mass is 16.3. The van der Waals surface area contributed by atoms with Crippen molar-refractivity contribution in [3.63, 3.8) is 0 Å². The summed E-state index contributed by atoms with van der Waals surface area (Å²) < 4.78 is 0. The molecule has 0 aromatic carbocycles. The lowest BCUT2D eigenvalue weighted by molar-refractivity contribution is 0.0436. The monoisotopic (exact) mass is 412 g/mol. The Morgan fingerprint density at radius 3 is 2.53 bits per heavy atom. The van der Waals surface area contributed by atoms with Crippen molar-refractivity contribution in [3.8, 4) is 0 Å². The first-order valence-corrected chi connectivity index (χ1v) is 12.2. The van der Waals surface area contributed by atoms with Gasteiger partial charge in [-0.15, -0.1) is 0 Å². The summed E-state index contributed by atoms with van der Waals surface area (Å²) in [7, 11) is 0. The molecule has 0 amide bonds. The van der Waals surface area contributed by atoms with Gasteiger partial charge in [-0.2, -0.15) is 0 Å². The van der Waals surface area contributed by atoms with Crippen LogP contribution in [0.4, 0.5) is 0 Å².